The number of nitrogens with one attached hydrogen (secondary N) is 2. The van der Waals surface area contributed by atoms with Crippen molar-refractivity contribution < 1.29 is 18.1 Å². The SMILES string of the molecule is COc1cc(S(=O)(=O)NC2CCNC(C)C2)ccc1[N+](=O)[O-].Cl. The Bertz CT molecular complexity index is 668. The monoisotopic (exact) mass is 365 g/mol. The molecule has 0 amide bonds. The predicted molar refractivity (Wildman–Crippen MR) is 87.7 cm³/mol. The van der Waals surface area contributed by atoms with Crippen LogP contribution in [0.3, 0.4) is 0 Å². The average molecular weight is 366 g/mol. The third-order valence-electron chi connectivity index (χ3n) is 3.60. The molecule has 1 aromatic rings. The highest BCUT2D eigenvalue weighted by Gasteiger charge is 2.26. The molecule has 2 atom stereocenters. The van der Waals surface area contributed by atoms with Crippen molar-refractivity contribution in [2.45, 2.75) is 36.7 Å². The van der Waals surface area contributed by atoms with Gasteiger partial charge in [-0.25, -0.2) is 13.1 Å². The zero-order chi connectivity index (χ0) is 16.3. The van der Waals surface area contributed by atoms with Gasteiger partial charge >= 0.3 is 5.69 Å². The Kier molecular flexibility index (Phi) is 6.75. The molecule has 0 saturated carbocycles. The largest absolute Gasteiger partial charge is 0.490 e. The maximum absolute atomic E-state index is 12.4. The van der Waals surface area contributed by atoms with Gasteiger partial charge in [-0.1, -0.05) is 0 Å². The second kappa shape index (κ2) is 7.91. The Morgan fingerprint density at radius 1 is 1.43 bits per heavy atom. The molecule has 0 aromatic heterocycles. The molecule has 2 rings (SSSR count). The smallest absolute Gasteiger partial charge is 0.310 e. The van der Waals surface area contributed by atoms with Crippen LogP contribution in [0, 0.1) is 10.1 Å². The topological polar surface area (TPSA) is 111 Å². The van der Waals surface area contributed by atoms with Gasteiger partial charge in [0.1, 0.15) is 0 Å². The summed E-state index contributed by atoms with van der Waals surface area (Å²) in [6, 6.07) is 3.62. The molecule has 1 aliphatic rings. The van der Waals surface area contributed by atoms with Crippen LogP contribution in [0.2, 0.25) is 0 Å². The number of nitro benzene ring substituents is 1. The first-order valence-electron chi connectivity index (χ1n) is 6.91. The van der Waals surface area contributed by atoms with Gasteiger partial charge < -0.3 is 10.1 Å². The fourth-order valence-electron chi connectivity index (χ4n) is 2.50. The summed E-state index contributed by atoms with van der Waals surface area (Å²) in [4.78, 5) is 10.2. The van der Waals surface area contributed by atoms with E-state index in [9.17, 15) is 18.5 Å². The number of nitro groups is 1. The number of piperidine rings is 1. The first-order valence-corrected chi connectivity index (χ1v) is 8.40. The molecule has 0 bridgehead atoms. The molecule has 1 saturated heterocycles. The summed E-state index contributed by atoms with van der Waals surface area (Å²) in [5, 5.41) is 14.1. The van der Waals surface area contributed by atoms with Gasteiger partial charge in [0.05, 0.1) is 16.9 Å². The molecule has 0 spiro atoms. The summed E-state index contributed by atoms with van der Waals surface area (Å²) >= 11 is 0. The lowest BCUT2D eigenvalue weighted by molar-refractivity contribution is -0.385. The van der Waals surface area contributed by atoms with E-state index in [4.69, 9.17) is 4.74 Å². The van der Waals surface area contributed by atoms with E-state index in [2.05, 4.69) is 10.0 Å². The molecule has 1 heterocycles. The lowest BCUT2D eigenvalue weighted by atomic mass is 10.0. The Balaban J connectivity index is 0.00000264. The number of ether oxygens (including phenoxy) is 1. The summed E-state index contributed by atoms with van der Waals surface area (Å²) in [6.07, 6.45) is 1.40. The second-order valence-corrected chi connectivity index (χ2v) is 7.00. The highest BCUT2D eigenvalue weighted by molar-refractivity contribution is 7.89. The Morgan fingerprint density at radius 2 is 2.13 bits per heavy atom. The second-order valence-electron chi connectivity index (χ2n) is 5.29. The van der Waals surface area contributed by atoms with Crippen LogP contribution in [0.1, 0.15) is 19.8 Å². The van der Waals surface area contributed by atoms with E-state index in [1.807, 2.05) is 6.92 Å². The zero-order valence-corrected chi connectivity index (χ0v) is 14.4. The van der Waals surface area contributed by atoms with Crippen molar-refractivity contribution in [3.05, 3.63) is 28.3 Å². The highest BCUT2D eigenvalue weighted by Crippen LogP contribution is 2.29. The van der Waals surface area contributed by atoms with E-state index >= 15 is 0 Å². The number of hydrogen-bond acceptors (Lipinski definition) is 6. The molecular weight excluding hydrogens is 346 g/mol. The van der Waals surface area contributed by atoms with Crippen LogP contribution in [0.15, 0.2) is 23.1 Å². The van der Waals surface area contributed by atoms with Gasteiger partial charge in [-0.3, -0.25) is 10.1 Å². The van der Waals surface area contributed by atoms with Gasteiger partial charge in [0.2, 0.25) is 10.0 Å². The van der Waals surface area contributed by atoms with E-state index in [0.29, 0.717) is 12.8 Å². The van der Waals surface area contributed by atoms with Crippen LogP contribution in [0.5, 0.6) is 5.75 Å². The van der Waals surface area contributed by atoms with Crippen molar-refractivity contribution in [1.29, 1.82) is 0 Å². The molecule has 0 aliphatic carbocycles. The van der Waals surface area contributed by atoms with Gasteiger partial charge in [-0.15, -0.1) is 12.4 Å². The number of sulfonamides is 1. The van der Waals surface area contributed by atoms with Gasteiger partial charge in [0.15, 0.2) is 5.75 Å². The molecular formula is C13H20ClN3O5S. The Morgan fingerprint density at radius 3 is 2.70 bits per heavy atom. The molecule has 8 nitrogen and oxygen atoms in total. The first kappa shape index (κ1) is 19.6. The summed E-state index contributed by atoms with van der Waals surface area (Å²) in [6.45, 7) is 2.74. The van der Waals surface area contributed by atoms with Crippen LogP contribution >= 0.6 is 12.4 Å². The summed E-state index contributed by atoms with van der Waals surface area (Å²) in [7, 11) is -2.47. The van der Waals surface area contributed by atoms with Gasteiger partial charge in [0.25, 0.3) is 0 Å². The van der Waals surface area contributed by atoms with Crippen molar-refractivity contribution in [2.75, 3.05) is 13.7 Å². The molecule has 0 radical (unpaired) electrons. The Hall–Kier alpha value is -1.42. The van der Waals surface area contributed by atoms with Gasteiger partial charge in [-0.2, -0.15) is 0 Å². The average Bonchev–Trinajstić information content (AvgIpc) is 2.46. The minimum absolute atomic E-state index is 0. The number of nitrogens with zero attached hydrogens (tertiary/aromatic N) is 1. The number of methoxy groups -OCH3 is 1. The fourth-order valence-corrected chi connectivity index (χ4v) is 3.80. The molecule has 130 valence electrons. The molecule has 1 aromatic carbocycles. The Labute approximate surface area is 141 Å². The molecule has 1 aliphatic heterocycles. The minimum atomic E-state index is -3.74. The quantitative estimate of drug-likeness (QED) is 0.603. The maximum Gasteiger partial charge on any atom is 0.310 e. The van der Waals surface area contributed by atoms with Crippen LogP contribution in [0.4, 0.5) is 5.69 Å². The fraction of sp³-hybridized carbons (Fsp3) is 0.538. The first-order chi connectivity index (χ1) is 10.3. The lowest BCUT2D eigenvalue weighted by Gasteiger charge is -2.28. The molecule has 23 heavy (non-hydrogen) atoms. The van der Waals surface area contributed by atoms with E-state index in [1.165, 1.54) is 19.2 Å². The van der Waals surface area contributed by atoms with Crippen molar-refractivity contribution in [3.8, 4) is 5.75 Å². The maximum atomic E-state index is 12.4. The summed E-state index contributed by atoms with van der Waals surface area (Å²) in [5.74, 6) is -0.0773. The van der Waals surface area contributed by atoms with Gasteiger partial charge in [0, 0.05) is 24.2 Å². The minimum Gasteiger partial charge on any atom is -0.490 e. The van der Waals surface area contributed by atoms with E-state index in [0.717, 1.165) is 12.6 Å². The normalized spacial score (nSPS) is 21.3. The molecule has 2 unspecified atom stereocenters. The van der Waals surface area contributed by atoms with Crippen LogP contribution in [-0.4, -0.2) is 39.1 Å². The predicted octanol–water partition coefficient (Wildman–Crippen LogP) is 1.44. The molecule has 10 heteroatoms. The van der Waals surface area contributed by atoms with Crippen LogP contribution in [0.25, 0.3) is 0 Å². The molecule has 1 fully saturated rings. The van der Waals surface area contributed by atoms with Crippen molar-refractivity contribution >= 4 is 28.1 Å². The number of halogens is 1. The number of benzene rings is 1. The summed E-state index contributed by atoms with van der Waals surface area (Å²) < 4.78 is 32.4. The summed E-state index contributed by atoms with van der Waals surface area (Å²) in [5.41, 5.74) is -0.267. The number of hydrogen-bond donors (Lipinski definition) is 2. The third-order valence-corrected chi connectivity index (χ3v) is 5.12. The van der Waals surface area contributed by atoms with E-state index in [1.54, 1.807) is 0 Å². The van der Waals surface area contributed by atoms with E-state index < -0.39 is 14.9 Å². The number of rotatable bonds is 5. The zero-order valence-electron chi connectivity index (χ0n) is 12.8. The molecule has 2 N–H and O–H groups in total. The van der Waals surface area contributed by atoms with Gasteiger partial charge in [-0.05, 0) is 32.4 Å². The highest BCUT2D eigenvalue weighted by atomic mass is 35.5. The van der Waals surface area contributed by atoms with Crippen LogP contribution in [-0.2, 0) is 10.0 Å². The lowest BCUT2D eigenvalue weighted by Crippen LogP contribution is -2.46. The van der Waals surface area contributed by atoms with Crippen molar-refractivity contribution in [1.82, 2.24) is 10.0 Å². The van der Waals surface area contributed by atoms with E-state index in [-0.39, 0.29) is 40.8 Å². The standard InChI is InChI=1S/C13H19N3O5S.ClH/c1-9-7-10(5-6-14-9)15-22(19,20)11-3-4-12(16(17)18)13(8-11)21-2;/h3-4,8-10,14-15H,5-7H2,1-2H3;1H. The third kappa shape index (κ3) is 4.77. The van der Waals surface area contributed by atoms with Crippen molar-refractivity contribution in [3.63, 3.8) is 0 Å². The van der Waals surface area contributed by atoms with Crippen LogP contribution < -0.4 is 14.8 Å². The van der Waals surface area contributed by atoms with Crippen molar-refractivity contribution in [2.24, 2.45) is 0 Å².